The Hall–Kier alpha value is -2.76. The van der Waals surface area contributed by atoms with Crippen LogP contribution in [0.25, 0.3) is 0 Å². The van der Waals surface area contributed by atoms with Crippen molar-refractivity contribution in [1.82, 2.24) is 4.57 Å². The van der Waals surface area contributed by atoms with Crippen LogP contribution in [0.15, 0.2) is 42.6 Å². The Balaban J connectivity index is 2.28. The minimum Gasteiger partial charge on any atom is -0.325 e. The van der Waals surface area contributed by atoms with E-state index < -0.39 is 4.92 Å². The first-order chi connectivity index (χ1) is 9.47. The lowest BCUT2D eigenvalue weighted by Gasteiger charge is -2.07. The second-order valence-electron chi connectivity index (χ2n) is 4.45. The van der Waals surface area contributed by atoms with Crippen molar-refractivity contribution in [2.75, 3.05) is 0 Å². The molecule has 0 radical (unpaired) electrons. The van der Waals surface area contributed by atoms with Gasteiger partial charge >= 0.3 is 0 Å². The van der Waals surface area contributed by atoms with E-state index in [1.807, 2.05) is 6.92 Å². The molecule has 102 valence electrons. The predicted octanol–water partition coefficient (Wildman–Crippen LogP) is 2.07. The average molecular weight is 271 g/mol. The van der Waals surface area contributed by atoms with E-state index in [1.165, 1.54) is 28.8 Å². The van der Waals surface area contributed by atoms with Crippen molar-refractivity contribution >= 4 is 11.5 Å². The smallest absolute Gasteiger partial charge is 0.270 e. The van der Waals surface area contributed by atoms with Crippen molar-refractivity contribution in [2.45, 2.75) is 13.5 Å². The molecule has 0 bridgehead atoms. The molecule has 2 aromatic rings. The zero-order valence-corrected chi connectivity index (χ0v) is 10.9. The van der Waals surface area contributed by atoms with Gasteiger partial charge < -0.3 is 4.57 Å². The predicted molar refractivity (Wildman–Crippen MR) is 72.5 cm³/mol. The van der Waals surface area contributed by atoms with Crippen molar-refractivity contribution in [1.29, 1.82) is 5.41 Å². The zero-order valence-electron chi connectivity index (χ0n) is 10.9. The van der Waals surface area contributed by atoms with E-state index >= 15 is 0 Å². The Bertz CT molecular complexity index is 734. The Kier molecular flexibility index (Phi) is 3.74. The molecule has 0 saturated heterocycles. The topological polar surface area (TPSA) is 89.0 Å². The molecule has 20 heavy (non-hydrogen) atoms. The maximum absolute atomic E-state index is 12.1. The quantitative estimate of drug-likeness (QED) is 0.524. The van der Waals surface area contributed by atoms with Gasteiger partial charge in [0.15, 0.2) is 5.78 Å². The van der Waals surface area contributed by atoms with Gasteiger partial charge in [0.05, 0.1) is 11.5 Å². The number of carbonyl (C=O) groups is 1. The van der Waals surface area contributed by atoms with Gasteiger partial charge in [0.2, 0.25) is 0 Å². The summed E-state index contributed by atoms with van der Waals surface area (Å²) in [5.74, 6) is -0.266. The SMILES string of the molecule is Cc1ccc(=N)n(CC(=O)c2cccc([N+](=O)[O-])c2)c1. The van der Waals surface area contributed by atoms with E-state index in [2.05, 4.69) is 0 Å². The number of nitro groups is 1. The number of nitro benzene ring substituents is 1. The van der Waals surface area contributed by atoms with E-state index in [9.17, 15) is 14.9 Å². The second-order valence-corrected chi connectivity index (χ2v) is 4.45. The Labute approximate surface area is 115 Å². The fraction of sp³-hybridized carbons (Fsp3) is 0.143. The largest absolute Gasteiger partial charge is 0.325 e. The minimum absolute atomic E-state index is 0.0122. The van der Waals surface area contributed by atoms with Gasteiger partial charge in [0.25, 0.3) is 5.69 Å². The molecule has 0 aliphatic rings. The molecule has 0 atom stereocenters. The van der Waals surface area contributed by atoms with Crippen molar-refractivity contribution in [3.63, 3.8) is 0 Å². The molecule has 0 aliphatic carbocycles. The molecule has 0 unspecified atom stereocenters. The zero-order chi connectivity index (χ0) is 14.7. The summed E-state index contributed by atoms with van der Waals surface area (Å²) in [7, 11) is 0. The third-order valence-corrected chi connectivity index (χ3v) is 2.87. The third kappa shape index (κ3) is 2.97. The number of aromatic nitrogens is 1. The molecular formula is C14H13N3O3. The molecule has 0 amide bonds. The molecule has 1 aromatic heterocycles. The van der Waals surface area contributed by atoms with E-state index in [0.717, 1.165) is 5.56 Å². The normalized spacial score (nSPS) is 10.2. The Morgan fingerprint density at radius 2 is 2.10 bits per heavy atom. The monoisotopic (exact) mass is 271 g/mol. The first kappa shape index (κ1) is 13.7. The van der Waals surface area contributed by atoms with Gasteiger partial charge in [-0.25, -0.2) is 0 Å². The highest BCUT2D eigenvalue weighted by Gasteiger charge is 2.12. The van der Waals surface area contributed by atoms with Crippen LogP contribution in [0.2, 0.25) is 0 Å². The summed E-state index contributed by atoms with van der Waals surface area (Å²) >= 11 is 0. The first-order valence-corrected chi connectivity index (χ1v) is 5.97. The van der Waals surface area contributed by atoms with Gasteiger partial charge in [0.1, 0.15) is 5.49 Å². The molecule has 1 N–H and O–H groups in total. The molecule has 2 rings (SSSR count). The van der Waals surface area contributed by atoms with Crippen LogP contribution in [0.5, 0.6) is 0 Å². The standard InChI is InChI=1S/C14H13N3O3/c1-10-5-6-14(15)16(8-10)9-13(18)11-3-2-4-12(7-11)17(19)20/h2-8,15H,9H2,1H3. The number of non-ortho nitro benzene ring substituents is 1. The fourth-order valence-electron chi connectivity index (χ4n) is 1.83. The molecule has 6 heteroatoms. The summed E-state index contributed by atoms with van der Waals surface area (Å²) in [5, 5.41) is 18.4. The number of pyridine rings is 1. The fourth-order valence-corrected chi connectivity index (χ4v) is 1.83. The van der Waals surface area contributed by atoms with Gasteiger partial charge in [-0.1, -0.05) is 18.2 Å². The molecule has 1 aromatic carbocycles. The molecule has 0 aliphatic heterocycles. The summed E-state index contributed by atoms with van der Waals surface area (Å²) < 4.78 is 1.51. The number of hydrogen-bond donors (Lipinski definition) is 1. The van der Waals surface area contributed by atoms with Crippen molar-refractivity contribution in [2.24, 2.45) is 0 Å². The summed E-state index contributed by atoms with van der Waals surface area (Å²) in [5.41, 5.74) is 1.31. The Morgan fingerprint density at radius 3 is 2.80 bits per heavy atom. The number of nitrogens with zero attached hydrogens (tertiary/aromatic N) is 2. The number of ketones is 1. The van der Waals surface area contributed by atoms with Crippen LogP contribution >= 0.6 is 0 Å². The number of Topliss-reactive ketones (excluding diaryl/α,β-unsaturated/α-hetero) is 1. The van der Waals surface area contributed by atoms with E-state index in [0.29, 0.717) is 0 Å². The van der Waals surface area contributed by atoms with E-state index in [1.54, 1.807) is 18.3 Å². The van der Waals surface area contributed by atoms with Gasteiger partial charge in [-0.15, -0.1) is 0 Å². The van der Waals surface area contributed by atoms with Crippen LogP contribution in [0.3, 0.4) is 0 Å². The number of benzene rings is 1. The summed E-state index contributed by atoms with van der Waals surface area (Å²) in [6, 6.07) is 9.00. The van der Waals surface area contributed by atoms with Gasteiger partial charge in [0, 0.05) is 23.9 Å². The van der Waals surface area contributed by atoms with Gasteiger partial charge in [-0.2, -0.15) is 0 Å². The van der Waals surface area contributed by atoms with Gasteiger partial charge in [-0.05, 0) is 18.6 Å². The summed E-state index contributed by atoms with van der Waals surface area (Å²) in [4.78, 5) is 22.3. The molecule has 0 saturated carbocycles. The number of aryl methyl sites for hydroxylation is 1. The van der Waals surface area contributed by atoms with E-state index in [-0.39, 0.29) is 29.1 Å². The maximum Gasteiger partial charge on any atom is 0.270 e. The highest BCUT2D eigenvalue weighted by molar-refractivity contribution is 5.96. The Morgan fingerprint density at radius 1 is 1.35 bits per heavy atom. The van der Waals surface area contributed by atoms with Crippen molar-refractivity contribution in [3.05, 3.63) is 69.3 Å². The van der Waals surface area contributed by atoms with Crippen molar-refractivity contribution < 1.29 is 9.72 Å². The second kappa shape index (κ2) is 5.48. The number of carbonyl (C=O) groups excluding carboxylic acids is 1. The highest BCUT2D eigenvalue weighted by Crippen LogP contribution is 2.13. The molecule has 1 heterocycles. The lowest BCUT2D eigenvalue weighted by molar-refractivity contribution is -0.384. The highest BCUT2D eigenvalue weighted by atomic mass is 16.6. The van der Waals surface area contributed by atoms with Crippen LogP contribution in [-0.4, -0.2) is 15.3 Å². The van der Waals surface area contributed by atoms with Gasteiger partial charge in [-0.3, -0.25) is 20.3 Å². The molecular weight excluding hydrogens is 258 g/mol. The molecule has 0 fully saturated rings. The van der Waals surface area contributed by atoms with Crippen LogP contribution in [-0.2, 0) is 6.54 Å². The number of hydrogen-bond acceptors (Lipinski definition) is 4. The summed E-state index contributed by atoms with van der Waals surface area (Å²) in [6.07, 6.45) is 1.71. The maximum atomic E-state index is 12.1. The molecule has 6 nitrogen and oxygen atoms in total. The van der Waals surface area contributed by atoms with Crippen LogP contribution < -0.4 is 5.49 Å². The first-order valence-electron chi connectivity index (χ1n) is 5.97. The van der Waals surface area contributed by atoms with Crippen molar-refractivity contribution in [3.8, 4) is 0 Å². The van der Waals surface area contributed by atoms with Crippen LogP contribution in [0.1, 0.15) is 15.9 Å². The number of nitrogens with one attached hydrogen (secondary N) is 1. The third-order valence-electron chi connectivity index (χ3n) is 2.87. The average Bonchev–Trinajstić information content (AvgIpc) is 2.43. The van der Waals surface area contributed by atoms with E-state index in [4.69, 9.17) is 5.41 Å². The summed E-state index contributed by atoms with van der Waals surface area (Å²) in [6.45, 7) is 1.86. The van der Waals surface area contributed by atoms with Crippen LogP contribution in [0, 0.1) is 22.4 Å². The minimum atomic E-state index is -0.535. The lowest BCUT2D eigenvalue weighted by Crippen LogP contribution is -2.23. The van der Waals surface area contributed by atoms with Crippen LogP contribution in [0.4, 0.5) is 5.69 Å². The molecule has 0 spiro atoms. The lowest BCUT2D eigenvalue weighted by atomic mass is 10.1. The number of rotatable bonds is 4.